The molecule has 7 heteroatoms. The molecule has 1 unspecified atom stereocenters. The summed E-state index contributed by atoms with van der Waals surface area (Å²) in [4.78, 5) is 25.4. The van der Waals surface area contributed by atoms with Crippen molar-refractivity contribution in [3.63, 3.8) is 0 Å². The highest BCUT2D eigenvalue weighted by Crippen LogP contribution is 2.47. The maximum absolute atomic E-state index is 13.1. The highest BCUT2D eigenvalue weighted by Gasteiger charge is 2.58. The lowest BCUT2D eigenvalue weighted by atomic mass is 9.77. The van der Waals surface area contributed by atoms with Gasteiger partial charge in [-0.2, -0.15) is 13.2 Å². The Morgan fingerprint density at radius 1 is 1.25 bits per heavy atom. The fourth-order valence-corrected chi connectivity index (χ4v) is 4.63. The number of nitrogens with zero attached hydrogens (tertiary/aromatic N) is 1. The second kappa shape index (κ2) is 6.16. The maximum Gasteiger partial charge on any atom is 0.471 e. The molecule has 1 amide bonds. The zero-order chi connectivity index (χ0) is 17.5. The Hall–Kier alpha value is -1.38. The van der Waals surface area contributed by atoms with Gasteiger partial charge in [0.1, 0.15) is 0 Å². The van der Waals surface area contributed by atoms with Gasteiger partial charge in [0.15, 0.2) is 11.3 Å². The van der Waals surface area contributed by atoms with E-state index in [9.17, 15) is 22.8 Å². The van der Waals surface area contributed by atoms with E-state index in [2.05, 4.69) is 0 Å². The fraction of sp³-hybridized carbons (Fsp3) is 0.412. The van der Waals surface area contributed by atoms with Crippen molar-refractivity contribution in [3.05, 3.63) is 45.1 Å². The molecule has 0 aromatic heterocycles. The Balaban J connectivity index is 2.15. The molecule has 1 atom stereocenters. The molecule has 2 aliphatic carbocycles. The fourth-order valence-electron chi connectivity index (χ4n) is 3.53. The summed E-state index contributed by atoms with van der Waals surface area (Å²) < 4.78 is 39.9. The van der Waals surface area contributed by atoms with Gasteiger partial charge < -0.3 is 4.90 Å². The van der Waals surface area contributed by atoms with Crippen LogP contribution in [0, 0.1) is 0 Å². The van der Waals surface area contributed by atoms with Crippen LogP contribution < -0.4 is 0 Å². The molecule has 3 aliphatic rings. The molecule has 0 N–H and O–H groups in total. The van der Waals surface area contributed by atoms with E-state index >= 15 is 0 Å². The van der Waals surface area contributed by atoms with E-state index in [1.807, 2.05) is 28.7 Å². The van der Waals surface area contributed by atoms with Crippen molar-refractivity contribution in [2.45, 2.75) is 37.4 Å². The minimum Gasteiger partial charge on any atom is -0.309 e. The van der Waals surface area contributed by atoms with E-state index in [0.29, 0.717) is 20.5 Å². The SMILES string of the molecule is O=C(N1CC(I)=C(C2=CCCCC2)C12C=CC=CC2=O)C(F)(F)F. The zero-order valence-corrected chi connectivity index (χ0v) is 14.9. The Bertz CT molecular complexity index is 718. The van der Waals surface area contributed by atoms with Gasteiger partial charge in [-0.15, -0.1) is 0 Å². The van der Waals surface area contributed by atoms with Crippen LogP contribution in [-0.2, 0) is 9.59 Å². The van der Waals surface area contributed by atoms with Crippen LogP contribution in [0.1, 0.15) is 25.7 Å². The molecule has 3 rings (SSSR count). The smallest absolute Gasteiger partial charge is 0.309 e. The Morgan fingerprint density at radius 2 is 2.00 bits per heavy atom. The molecule has 0 saturated carbocycles. The molecular formula is C17H15F3INO2. The van der Waals surface area contributed by atoms with Crippen LogP contribution in [0.3, 0.4) is 0 Å². The summed E-state index contributed by atoms with van der Waals surface area (Å²) >= 11 is 1.96. The molecule has 0 bridgehead atoms. The van der Waals surface area contributed by atoms with Gasteiger partial charge in [0.05, 0.1) is 6.54 Å². The van der Waals surface area contributed by atoms with Gasteiger partial charge in [0, 0.05) is 9.15 Å². The Labute approximate surface area is 151 Å². The predicted molar refractivity (Wildman–Crippen MR) is 91.4 cm³/mol. The normalized spacial score (nSPS) is 27.2. The van der Waals surface area contributed by atoms with Gasteiger partial charge in [-0.05, 0) is 66.0 Å². The van der Waals surface area contributed by atoms with Gasteiger partial charge in [0.2, 0.25) is 0 Å². The predicted octanol–water partition coefficient (Wildman–Crippen LogP) is 4.01. The van der Waals surface area contributed by atoms with Crippen molar-refractivity contribution < 1.29 is 22.8 Å². The average Bonchev–Trinajstić information content (AvgIpc) is 2.82. The molecule has 24 heavy (non-hydrogen) atoms. The van der Waals surface area contributed by atoms with Crippen LogP contribution in [0.5, 0.6) is 0 Å². The molecule has 0 aromatic carbocycles. The number of rotatable bonds is 1. The third-order valence-electron chi connectivity index (χ3n) is 4.55. The molecule has 0 aromatic rings. The third kappa shape index (κ3) is 2.66. The number of carbonyl (C=O) groups excluding carboxylic acids is 2. The minimum absolute atomic E-state index is 0.199. The van der Waals surface area contributed by atoms with Crippen molar-refractivity contribution in [1.29, 1.82) is 0 Å². The van der Waals surface area contributed by atoms with Gasteiger partial charge >= 0.3 is 12.1 Å². The van der Waals surface area contributed by atoms with Crippen LogP contribution in [0.15, 0.2) is 45.1 Å². The number of alkyl halides is 3. The third-order valence-corrected chi connectivity index (χ3v) is 5.43. The first kappa shape index (κ1) is 17.4. The van der Waals surface area contributed by atoms with Gasteiger partial charge in [-0.1, -0.05) is 18.2 Å². The van der Waals surface area contributed by atoms with Crippen molar-refractivity contribution in [1.82, 2.24) is 4.90 Å². The largest absolute Gasteiger partial charge is 0.471 e. The number of allylic oxidation sites excluding steroid dienone is 3. The summed E-state index contributed by atoms with van der Waals surface area (Å²) in [7, 11) is 0. The van der Waals surface area contributed by atoms with E-state index in [0.717, 1.165) is 24.8 Å². The quantitative estimate of drug-likeness (QED) is 0.568. The number of hydrogen-bond donors (Lipinski definition) is 0. The van der Waals surface area contributed by atoms with Gasteiger partial charge in [-0.3, -0.25) is 9.59 Å². The second-order valence-corrected chi connectivity index (χ2v) is 7.30. The van der Waals surface area contributed by atoms with Gasteiger partial charge in [0.25, 0.3) is 0 Å². The van der Waals surface area contributed by atoms with Crippen LogP contribution >= 0.6 is 22.6 Å². The van der Waals surface area contributed by atoms with Crippen LogP contribution in [-0.4, -0.2) is 34.9 Å². The first-order chi connectivity index (χ1) is 11.3. The van der Waals surface area contributed by atoms with Gasteiger partial charge in [-0.25, -0.2) is 0 Å². The van der Waals surface area contributed by atoms with Crippen molar-refractivity contribution in [3.8, 4) is 0 Å². The second-order valence-electron chi connectivity index (χ2n) is 5.99. The molecule has 0 radical (unpaired) electrons. The van der Waals surface area contributed by atoms with Crippen LogP contribution in [0.4, 0.5) is 13.2 Å². The van der Waals surface area contributed by atoms with E-state index in [1.54, 1.807) is 0 Å². The average molecular weight is 449 g/mol. The van der Waals surface area contributed by atoms with E-state index in [1.165, 1.54) is 24.3 Å². The Morgan fingerprint density at radius 3 is 2.58 bits per heavy atom. The summed E-state index contributed by atoms with van der Waals surface area (Å²) in [6.45, 7) is -0.199. The van der Waals surface area contributed by atoms with Crippen molar-refractivity contribution in [2.75, 3.05) is 6.54 Å². The minimum atomic E-state index is -5.02. The van der Waals surface area contributed by atoms with E-state index in [-0.39, 0.29) is 6.54 Å². The van der Waals surface area contributed by atoms with E-state index < -0.39 is 23.4 Å². The van der Waals surface area contributed by atoms with Crippen molar-refractivity contribution >= 4 is 34.3 Å². The summed E-state index contributed by atoms with van der Waals surface area (Å²) in [5, 5.41) is 0. The molecule has 1 aliphatic heterocycles. The summed E-state index contributed by atoms with van der Waals surface area (Å²) in [6.07, 6.45) is 6.16. The molecule has 1 heterocycles. The number of ketones is 1. The Kier molecular flexibility index (Phi) is 4.48. The first-order valence-electron chi connectivity index (χ1n) is 7.66. The summed E-state index contributed by atoms with van der Waals surface area (Å²) in [6, 6.07) is 0. The topological polar surface area (TPSA) is 37.4 Å². The lowest BCUT2D eigenvalue weighted by molar-refractivity contribution is -0.188. The lowest BCUT2D eigenvalue weighted by Gasteiger charge is -2.38. The first-order valence-corrected chi connectivity index (χ1v) is 8.74. The molecule has 0 saturated heterocycles. The lowest BCUT2D eigenvalue weighted by Crippen LogP contribution is -2.57. The monoisotopic (exact) mass is 449 g/mol. The molecule has 128 valence electrons. The highest BCUT2D eigenvalue weighted by molar-refractivity contribution is 14.1. The van der Waals surface area contributed by atoms with Crippen LogP contribution in [0.25, 0.3) is 0 Å². The molecule has 3 nitrogen and oxygen atoms in total. The summed E-state index contributed by atoms with van der Waals surface area (Å²) in [5.74, 6) is -2.48. The number of carbonyl (C=O) groups is 2. The molecular weight excluding hydrogens is 434 g/mol. The number of hydrogen-bond acceptors (Lipinski definition) is 2. The van der Waals surface area contributed by atoms with E-state index in [4.69, 9.17) is 0 Å². The van der Waals surface area contributed by atoms with Crippen LogP contribution in [0.2, 0.25) is 0 Å². The molecule has 1 spiro atoms. The molecule has 0 fully saturated rings. The standard InChI is InChI=1S/C17H15F3INO2/c18-17(19,20)15(24)22-10-12(21)14(11-6-2-1-3-7-11)16(22)9-5-4-8-13(16)23/h4-6,8-9H,1-3,7,10H2. The number of halogens is 4. The maximum atomic E-state index is 13.1. The summed E-state index contributed by atoms with van der Waals surface area (Å²) in [5.41, 5.74) is -0.219. The van der Waals surface area contributed by atoms with Crippen molar-refractivity contribution in [2.24, 2.45) is 0 Å². The number of amides is 1. The zero-order valence-electron chi connectivity index (χ0n) is 12.7. The highest BCUT2D eigenvalue weighted by atomic mass is 127.